The van der Waals surface area contributed by atoms with Gasteiger partial charge in [-0.3, -0.25) is 4.79 Å². The maximum absolute atomic E-state index is 12.8. The number of halogens is 1. The molecule has 1 aromatic heterocycles. The van der Waals surface area contributed by atoms with E-state index >= 15 is 0 Å². The SMILES string of the molecule is CCCn1cc(Cl)cc1C(=O)N1CCCC(C)C1CN. The van der Waals surface area contributed by atoms with Gasteiger partial charge in [0, 0.05) is 31.9 Å². The van der Waals surface area contributed by atoms with Crippen LogP contribution >= 0.6 is 11.6 Å². The number of likely N-dealkylation sites (tertiary alicyclic amines) is 1. The average Bonchev–Trinajstić information content (AvgIpc) is 2.79. The molecule has 2 rings (SSSR count). The molecule has 0 aliphatic carbocycles. The molecule has 2 heterocycles. The zero-order valence-electron chi connectivity index (χ0n) is 12.3. The van der Waals surface area contributed by atoms with Crippen molar-refractivity contribution in [2.24, 2.45) is 11.7 Å². The van der Waals surface area contributed by atoms with Gasteiger partial charge in [-0.25, -0.2) is 0 Å². The van der Waals surface area contributed by atoms with E-state index in [1.165, 1.54) is 0 Å². The third kappa shape index (κ3) is 3.01. The molecule has 1 aliphatic heterocycles. The summed E-state index contributed by atoms with van der Waals surface area (Å²) in [5.41, 5.74) is 6.56. The lowest BCUT2D eigenvalue weighted by molar-refractivity contribution is 0.0521. The maximum Gasteiger partial charge on any atom is 0.270 e. The lowest BCUT2D eigenvalue weighted by Gasteiger charge is -2.39. The number of amides is 1. The molecule has 4 nitrogen and oxygen atoms in total. The van der Waals surface area contributed by atoms with Crippen molar-refractivity contribution >= 4 is 17.5 Å². The molecular weight excluding hydrogens is 274 g/mol. The van der Waals surface area contributed by atoms with Crippen molar-refractivity contribution in [2.45, 2.75) is 45.7 Å². The molecule has 20 heavy (non-hydrogen) atoms. The van der Waals surface area contributed by atoms with E-state index in [2.05, 4.69) is 13.8 Å². The third-order valence-electron chi connectivity index (χ3n) is 4.16. The topological polar surface area (TPSA) is 51.3 Å². The molecule has 112 valence electrons. The fourth-order valence-corrected chi connectivity index (χ4v) is 3.31. The molecule has 0 spiro atoms. The van der Waals surface area contributed by atoms with E-state index in [-0.39, 0.29) is 11.9 Å². The van der Waals surface area contributed by atoms with Crippen LogP contribution < -0.4 is 5.73 Å². The van der Waals surface area contributed by atoms with Gasteiger partial charge in [0.2, 0.25) is 0 Å². The van der Waals surface area contributed by atoms with E-state index in [1.807, 2.05) is 15.7 Å². The molecule has 1 aliphatic rings. The Balaban J connectivity index is 2.25. The van der Waals surface area contributed by atoms with Crippen LogP contribution in [0.25, 0.3) is 0 Å². The number of nitrogens with two attached hydrogens (primary N) is 1. The van der Waals surface area contributed by atoms with E-state index in [0.717, 1.165) is 32.4 Å². The van der Waals surface area contributed by atoms with Crippen LogP contribution in [0, 0.1) is 5.92 Å². The molecule has 5 heteroatoms. The first-order valence-electron chi connectivity index (χ1n) is 7.45. The van der Waals surface area contributed by atoms with E-state index < -0.39 is 0 Å². The molecule has 1 saturated heterocycles. The number of aryl methyl sites for hydroxylation is 1. The second-order valence-corrected chi connectivity index (χ2v) is 6.09. The van der Waals surface area contributed by atoms with Gasteiger partial charge in [-0.05, 0) is 31.2 Å². The van der Waals surface area contributed by atoms with Crippen molar-refractivity contribution in [1.82, 2.24) is 9.47 Å². The highest BCUT2D eigenvalue weighted by Crippen LogP contribution is 2.25. The van der Waals surface area contributed by atoms with Crippen LogP contribution in [0.4, 0.5) is 0 Å². The molecular formula is C15H24ClN3O. The first-order chi connectivity index (χ1) is 9.58. The van der Waals surface area contributed by atoms with Gasteiger partial charge >= 0.3 is 0 Å². The Labute approximate surface area is 125 Å². The summed E-state index contributed by atoms with van der Waals surface area (Å²) in [5, 5.41) is 0.621. The Morgan fingerprint density at radius 1 is 1.55 bits per heavy atom. The number of rotatable bonds is 4. The summed E-state index contributed by atoms with van der Waals surface area (Å²) < 4.78 is 1.96. The van der Waals surface area contributed by atoms with Gasteiger partial charge in [0.25, 0.3) is 5.91 Å². The second-order valence-electron chi connectivity index (χ2n) is 5.66. The van der Waals surface area contributed by atoms with Gasteiger partial charge < -0.3 is 15.2 Å². The van der Waals surface area contributed by atoms with Gasteiger partial charge in [0.15, 0.2) is 0 Å². The summed E-state index contributed by atoms with van der Waals surface area (Å²) >= 11 is 6.07. The molecule has 2 unspecified atom stereocenters. The van der Waals surface area contributed by atoms with Gasteiger partial charge in [0.1, 0.15) is 5.69 Å². The zero-order valence-corrected chi connectivity index (χ0v) is 13.1. The van der Waals surface area contributed by atoms with Crippen LogP contribution in [-0.4, -0.2) is 34.5 Å². The lowest BCUT2D eigenvalue weighted by Crippen LogP contribution is -2.51. The summed E-state index contributed by atoms with van der Waals surface area (Å²) in [5.74, 6) is 0.523. The second kappa shape index (κ2) is 6.64. The van der Waals surface area contributed by atoms with Gasteiger partial charge in [-0.1, -0.05) is 25.4 Å². The number of piperidine rings is 1. The standard InChI is InChI=1S/C15H24ClN3O/c1-3-6-18-10-12(16)8-13(18)15(20)19-7-4-5-11(2)14(19)9-17/h8,10-11,14H,3-7,9,17H2,1-2H3. The molecule has 1 amide bonds. The number of carbonyl (C=O) groups excluding carboxylic acids is 1. The summed E-state index contributed by atoms with van der Waals surface area (Å²) in [6.07, 6.45) is 5.00. The number of hydrogen-bond acceptors (Lipinski definition) is 2. The highest BCUT2D eigenvalue weighted by atomic mass is 35.5. The Morgan fingerprint density at radius 2 is 2.30 bits per heavy atom. The molecule has 2 N–H and O–H groups in total. The smallest absolute Gasteiger partial charge is 0.270 e. The van der Waals surface area contributed by atoms with Gasteiger partial charge in [-0.15, -0.1) is 0 Å². The van der Waals surface area contributed by atoms with Crippen molar-refractivity contribution in [3.63, 3.8) is 0 Å². The van der Waals surface area contributed by atoms with E-state index in [4.69, 9.17) is 17.3 Å². The van der Waals surface area contributed by atoms with Crippen LogP contribution in [0.5, 0.6) is 0 Å². The van der Waals surface area contributed by atoms with E-state index in [0.29, 0.717) is 23.2 Å². The monoisotopic (exact) mass is 297 g/mol. The van der Waals surface area contributed by atoms with Crippen molar-refractivity contribution < 1.29 is 4.79 Å². The molecule has 1 fully saturated rings. The van der Waals surface area contributed by atoms with Crippen molar-refractivity contribution in [3.05, 3.63) is 23.0 Å². The normalized spacial score (nSPS) is 23.1. The molecule has 1 aromatic rings. The van der Waals surface area contributed by atoms with Crippen molar-refractivity contribution in [2.75, 3.05) is 13.1 Å². The Hall–Kier alpha value is -1.00. The largest absolute Gasteiger partial charge is 0.342 e. The Kier molecular flexibility index (Phi) is 5.11. The highest BCUT2D eigenvalue weighted by molar-refractivity contribution is 6.31. The predicted molar refractivity (Wildman–Crippen MR) is 82.0 cm³/mol. The van der Waals surface area contributed by atoms with E-state index in [1.54, 1.807) is 6.07 Å². The number of hydrogen-bond donors (Lipinski definition) is 1. The Morgan fingerprint density at radius 3 is 2.95 bits per heavy atom. The Bertz CT molecular complexity index is 472. The minimum atomic E-state index is 0.0624. The third-order valence-corrected chi connectivity index (χ3v) is 4.37. The van der Waals surface area contributed by atoms with Crippen molar-refractivity contribution in [1.29, 1.82) is 0 Å². The van der Waals surface area contributed by atoms with Crippen LogP contribution in [0.1, 0.15) is 43.6 Å². The summed E-state index contributed by atoms with van der Waals surface area (Å²) in [7, 11) is 0. The predicted octanol–water partition coefficient (Wildman–Crippen LogP) is 2.75. The number of carbonyl (C=O) groups is 1. The quantitative estimate of drug-likeness (QED) is 0.929. The fraction of sp³-hybridized carbons (Fsp3) is 0.667. The molecule has 2 atom stereocenters. The fourth-order valence-electron chi connectivity index (χ4n) is 3.09. The summed E-state index contributed by atoms with van der Waals surface area (Å²) in [4.78, 5) is 14.8. The molecule has 0 bridgehead atoms. The lowest BCUT2D eigenvalue weighted by atomic mass is 9.90. The summed E-state index contributed by atoms with van der Waals surface area (Å²) in [6.45, 7) is 6.39. The first kappa shape index (κ1) is 15.4. The maximum atomic E-state index is 12.8. The van der Waals surface area contributed by atoms with Crippen LogP contribution in [0.3, 0.4) is 0 Å². The number of nitrogens with zero attached hydrogens (tertiary/aromatic N) is 2. The molecule has 0 saturated carbocycles. The minimum absolute atomic E-state index is 0.0624. The minimum Gasteiger partial charge on any atom is -0.342 e. The van der Waals surface area contributed by atoms with Crippen LogP contribution in [0.15, 0.2) is 12.3 Å². The summed E-state index contributed by atoms with van der Waals surface area (Å²) in [6, 6.07) is 1.91. The van der Waals surface area contributed by atoms with Gasteiger partial charge in [-0.2, -0.15) is 0 Å². The zero-order chi connectivity index (χ0) is 14.7. The van der Waals surface area contributed by atoms with Crippen molar-refractivity contribution in [3.8, 4) is 0 Å². The van der Waals surface area contributed by atoms with E-state index in [9.17, 15) is 4.79 Å². The molecule has 0 aromatic carbocycles. The average molecular weight is 298 g/mol. The van der Waals surface area contributed by atoms with Gasteiger partial charge in [0.05, 0.1) is 5.02 Å². The first-order valence-corrected chi connectivity index (χ1v) is 7.83. The van der Waals surface area contributed by atoms with Crippen LogP contribution in [-0.2, 0) is 6.54 Å². The highest BCUT2D eigenvalue weighted by Gasteiger charge is 2.32. The van der Waals surface area contributed by atoms with Crippen LogP contribution in [0.2, 0.25) is 5.02 Å². The number of aromatic nitrogens is 1. The molecule has 0 radical (unpaired) electrons.